The summed E-state index contributed by atoms with van der Waals surface area (Å²) in [5, 5.41) is 2.37. The van der Waals surface area contributed by atoms with Gasteiger partial charge < -0.3 is 5.32 Å². The Morgan fingerprint density at radius 3 is 2.76 bits per heavy atom. The van der Waals surface area contributed by atoms with Crippen molar-refractivity contribution < 1.29 is 18.0 Å². The number of thioether (sulfide) groups is 1. The Kier molecular flexibility index (Phi) is 4.46. The molecule has 0 saturated heterocycles. The van der Waals surface area contributed by atoms with Crippen LogP contribution in [-0.4, -0.2) is 18.0 Å². The fourth-order valence-corrected chi connectivity index (χ4v) is 1.67. The van der Waals surface area contributed by atoms with Crippen molar-refractivity contribution in [3.63, 3.8) is 0 Å². The first kappa shape index (κ1) is 13.5. The lowest BCUT2D eigenvalue weighted by Gasteiger charge is -2.07. The maximum Gasteiger partial charge on any atom is 0.446 e. The molecule has 1 aromatic rings. The maximum atomic E-state index is 12.1. The second-order valence-electron chi connectivity index (χ2n) is 2.96. The van der Waals surface area contributed by atoms with E-state index in [9.17, 15) is 18.0 Å². The SMILES string of the molecule is C#CCNC(=O)c1cccc(SC(F)(F)F)c1. The van der Waals surface area contributed by atoms with Crippen molar-refractivity contribution in [1.82, 2.24) is 5.32 Å². The number of amides is 1. The molecule has 1 rings (SSSR count). The van der Waals surface area contributed by atoms with E-state index in [1.54, 1.807) is 0 Å². The third-order valence-electron chi connectivity index (χ3n) is 1.68. The molecule has 0 bridgehead atoms. The summed E-state index contributed by atoms with van der Waals surface area (Å²) >= 11 is -0.264. The summed E-state index contributed by atoms with van der Waals surface area (Å²) in [6.45, 7) is 0.0372. The number of benzene rings is 1. The van der Waals surface area contributed by atoms with Crippen LogP contribution in [0, 0.1) is 12.3 Å². The molecular formula is C11H8F3NOS. The van der Waals surface area contributed by atoms with Gasteiger partial charge in [0.25, 0.3) is 5.91 Å². The van der Waals surface area contributed by atoms with Crippen LogP contribution in [-0.2, 0) is 0 Å². The van der Waals surface area contributed by atoms with Gasteiger partial charge in [-0.15, -0.1) is 6.42 Å². The molecule has 17 heavy (non-hydrogen) atoms. The lowest BCUT2D eigenvalue weighted by atomic mass is 10.2. The van der Waals surface area contributed by atoms with E-state index in [-0.39, 0.29) is 28.8 Å². The number of hydrogen-bond acceptors (Lipinski definition) is 2. The number of hydrogen-bond donors (Lipinski definition) is 1. The van der Waals surface area contributed by atoms with E-state index >= 15 is 0 Å². The van der Waals surface area contributed by atoms with Crippen molar-refractivity contribution in [1.29, 1.82) is 0 Å². The molecule has 0 aliphatic heterocycles. The van der Waals surface area contributed by atoms with E-state index in [0.717, 1.165) is 0 Å². The highest BCUT2D eigenvalue weighted by molar-refractivity contribution is 8.00. The summed E-state index contributed by atoms with van der Waals surface area (Å²) in [4.78, 5) is 11.4. The lowest BCUT2D eigenvalue weighted by molar-refractivity contribution is -0.0328. The first-order chi connectivity index (χ1) is 7.92. The third-order valence-corrected chi connectivity index (χ3v) is 2.40. The van der Waals surface area contributed by atoms with Crippen molar-refractivity contribution in [2.24, 2.45) is 0 Å². The molecule has 0 aliphatic rings. The molecule has 0 atom stereocenters. The standard InChI is InChI=1S/C11H8F3NOS/c1-2-6-15-10(16)8-4-3-5-9(7-8)17-11(12,13)14/h1,3-5,7H,6H2,(H,15,16). The van der Waals surface area contributed by atoms with Gasteiger partial charge in [-0.25, -0.2) is 0 Å². The minimum atomic E-state index is -4.37. The Morgan fingerprint density at radius 2 is 2.18 bits per heavy atom. The molecular weight excluding hydrogens is 251 g/mol. The van der Waals surface area contributed by atoms with Gasteiger partial charge in [-0.05, 0) is 30.0 Å². The van der Waals surface area contributed by atoms with Crippen molar-refractivity contribution in [3.8, 4) is 12.3 Å². The van der Waals surface area contributed by atoms with Crippen molar-refractivity contribution >= 4 is 17.7 Å². The highest BCUT2D eigenvalue weighted by Crippen LogP contribution is 2.36. The maximum absolute atomic E-state index is 12.1. The van der Waals surface area contributed by atoms with Crippen LogP contribution in [0.2, 0.25) is 0 Å². The smallest absolute Gasteiger partial charge is 0.341 e. The zero-order valence-corrected chi connectivity index (χ0v) is 9.36. The van der Waals surface area contributed by atoms with Gasteiger partial charge in [0.05, 0.1) is 6.54 Å². The van der Waals surface area contributed by atoms with Crippen LogP contribution in [0.3, 0.4) is 0 Å². The fourth-order valence-electron chi connectivity index (χ4n) is 1.07. The second kappa shape index (κ2) is 5.64. The molecule has 0 saturated carbocycles. The number of halogens is 3. The molecule has 6 heteroatoms. The molecule has 1 amide bonds. The van der Waals surface area contributed by atoms with E-state index in [1.807, 2.05) is 0 Å². The quantitative estimate of drug-likeness (QED) is 0.668. The molecule has 0 fully saturated rings. The molecule has 0 aliphatic carbocycles. The van der Waals surface area contributed by atoms with Gasteiger partial charge in [-0.3, -0.25) is 4.79 Å². The molecule has 0 heterocycles. The Hall–Kier alpha value is -1.61. The summed E-state index contributed by atoms with van der Waals surface area (Å²) in [5.74, 6) is 1.71. The number of rotatable bonds is 3. The van der Waals surface area contributed by atoms with Gasteiger partial charge in [0, 0.05) is 10.5 Å². The first-order valence-electron chi connectivity index (χ1n) is 4.50. The zero-order chi connectivity index (χ0) is 12.9. The van der Waals surface area contributed by atoms with Crippen LogP contribution in [0.1, 0.15) is 10.4 Å². The lowest BCUT2D eigenvalue weighted by Crippen LogP contribution is -2.23. The number of nitrogens with one attached hydrogen (secondary N) is 1. The normalized spacial score (nSPS) is 10.7. The minimum absolute atomic E-state index is 0.0362. The summed E-state index contributed by atoms with van der Waals surface area (Å²) < 4.78 is 36.3. The van der Waals surface area contributed by atoms with Gasteiger partial charge in [0.2, 0.25) is 0 Å². The van der Waals surface area contributed by atoms with Gasteiger partial charge in [-0.1, -0.05) is 12.0 Å². The Morgan fingerprint density at radius 1 is 1.47 bits per heavy atom. The number of terminal acetylenes is 1. The largest absolute Gasteiger partial charge is 0.446 e. The zero-order valence-electron chi connectivity index (χ0n) is 8.54. The summed E-state index contributed by atoms with van der Waals surface area (Å²) in [6, 6.07) is 5.27. The van der Waals surface area contributed by atoms with Gasteiger partial charge in [0.15, 0.2) is 0 Å². The third kappa shape index (κ3) is 4.83. The van der Waals surface area contributed by atoms with E-state index in [4.69, 9.17) is 6.42 Å². The van der Waals surface area contributed by atoms with Crippen molar-refractivity contribution in [2.75, 3.05) is 6.54 Å². The van der Waals surface area contributed by atoms with Crippen LogP contribution in [0.15, 0.2) is 29.2 Å². The fraction of sp³-hybridized carbons (Fsp3) is 0.182. The molecule has 0 unspecified atom stereocenters. The summed E-state index contributed by atoms with van der Waals surface area (Å²) in [7, 11) is 0. The van der Waals surface area contributed by atoms with E-state index in [0.29, 0.717) is 0 Å². The second-order valence-corrected chi connectivity index (χ2v) is 4.10. The molecule has 0 spiro atoms. The van der Waals surface area contributed by atoms with Crippen molar-refractivity contribution in [3.05, 3.63) is 29.8 Å². The molecule has 1 aromatic carbocycles. The van der Waals surface area contributed by atoms with Crippen LogP contribution in [0.25, 0.3) is 0 Å². The van der Waals surface area contributed by atoms with Crippen molar-refractivity contribution in [2.45, 2.75) is 10.4 Å². The highest BCUT2D eigenvalue weighted by Gasteiger charge is 2.29. The monoisotopic (exact) mass is 259 g/mol. The first-order valence-corrected chi connectivity index (χ1v) is 5.31. The molecule has 0 aromatic heterocycles. The van der Waals surface area contributed by atoms with E-state index in [1.165, 1.54) is 24.3 Å². The van der Waals surface area contributed by atoms with Crippen LogP contribution >= 0.6 is 11.8 Å². The molecule has 2 nitrogen and oxygen atoms in total. The number of carbonyl (C=O) groups excluding carboxylic acids is 1. The average Bonchev–Trinajstić information content (AvgIpc) is 2.24. The van der Waals surface area contributed by atoms with Crippen LogP contribution in [0.4, 0.5) is 13.2 Å². The molecule has 90 valence electrons. The topological polar surface area (TPSA) is 29.1 Å². The van der Waals surface area contributed by atoms with Gasteiger partial charge >= 0.3 is 5.51 Å². The number of carbonyl (C=O) groups is 1. The average molecular weight is 259 g/mol. The van der Waals surface area contributed by atoms with Crippen LogP contribution < -0.4 is 5.32 Å². The Bertz CT molecular complexity index is 451. The predicted molar refractivity (Wildman–Crippen MR) is 59.5 cm³/mol. The minimum Gasteiger partial charge on any atom is -0.341 e. The molecule has 0 radical (unpaired) electrons. The summed E-state index contributed by atoms with van der Waals surface area (Å²) in [6.07, 6.45) is 4.95. The highest BCUT2D eigenvalue weighted by atomic mass is 32.2. The van der Waals surface area contributed by atoms with Gasteiger partial charge in [0.1, 0.15) is 0 Å². The van der Waals surface area contributed by atoms with Gasteiger partial charge in [-0.2, -0.15) is 13.2 Å². The van der Waals surface area contributed by atoms with E-state index in [2.05, 4.69) is 11.2 Å². The predicted octanol–water partition coefficient (Wildman–Crippen LogP) is 2.66. The Balaban J connectivity index is 2.79. The van der Waals surface area contributed by atoms with Crippen LogP contribution in [0.5, 0.6) is 0 Å². The Labute approximate surface area is 101 Å². The number of alkyl halides is 3. The molecule has 1 N–H and O–H groups in total. The van der Waals surface area contributed by atoms with E-state index < -0.39 is 11.4 Å². The summed E-state index contributed by atoms with van der Waals surface area (Å²) in [5.41, 5.74) is -4.22.